The van der Waals surface area contributed by atoms with E-state index in [4.69, 9.17) is 25.8 Å². The summed E-state index contributed by atoms with van der Waals surface area (Å²) in [5.74, 6) is -0.0295. The molecule has 0 saturated heterocycles. The van der Waals surface area contributed by atoms with Gasteiger partial charge in [0.05, 0.1) is 26.6 Å². The van der Waals surface area contributed by atoms with Crippen LogP contribution in [-0.4, -0.2) is 25.7 Å². The van der Waals surface area contributed by atoms with Crippen molar-refractivity contribution in [2.45, 2.75) is 33.3 Å². The van der Waals surface area contributed by atoms with Gasteiger partial charge >= 0.3 is 11.9 Å². The van der Waals surface area contributed by atoms with Crippen LogP contribution in [0.1, 0.15) is 32.3 Å². The first kappa shape index (κ1) is 18.3. The Morgan fingerprint density at radius 2 is 1.77 bits per heavy atom. The molecule has 6 heteroatoms. The van der Waals surface area contributed by atoms with Crippen molar-refractivity contribution in [2.75, 3.05) is 13.7 Å². The van der Waals surface area contributed by atoms with Crippen LogP contribution in [0.2, 0.25) is 5.02 Å². The standard InChI is InChI=1S/C16H21ClO5/c1-11(2)9-21-15(18)6-7-16(19)22-10-12-4-5-13(17)8-14(12)20-3/h4-5,8,11H,6-7,9-10H2,1-3H3. The fourth-order valence-electron chi connectivity index (χ4n) is 1.60. The molecule has 0 aliphatic rings. The smallest absolute Gasteiger partial charge is 0.306 e. The summed E-state index contributed by atoms with van der Waals surface area (Å²) in [6.45, 7) is 4.32. The molecule has 22 heavy (non-hydrogen) atoms. The van der Waals surface area contributed by atoms with E-state index in [1.165, 1.54) is 7.11 Å². The van der Waals surface area contributed by atoms with Gasteiger partial charge in [-0.1, -0.05) is 31.5 Å². The lowest BCUT2D eigenvalue weighted by atomic mass is 10.2. The van der Waals surface area contributed by atoms with Gasteiger partial charge in [0.25, 0.3) is 0 Å². The number of benzene rings is 1. The number of esters is 2. The van der Waals surface area contributed by atoms with Gasteiger partial charge in [0.1, 0.15) is 12.4 Å². The number of methoxy groups -OCH3 is 1. The number of hydrogen-bond donors (Lipinski definition) is 0. The second kappa shape index (κ2) is 9.30. The SMILES string of the molecule is COc1cc(Cl)ccc1COC(=O)CCC(=O)OCC(C)C. The van der Waals surface area contributed by atoms with Crippen molar-refractivity contribution in [1.29, 1.82) is 0 Å². The lowest BCUT2D eigenvalue weighted by Gasteiger charge is -2.10. The second-order valence-electron chi connectivity index (χ2n) is 5.19. The molecule has 0 unspecified atom stereocenters. The highest BCUT2D eigenvalue weighted by molar-refractivity contribution is 6.30. The number of carbonyl (C=O) groups excluding carboxylic acids is 2. The maximum absolute atomic E-state index is 11.6. The first-order valence-corrected chi connectivity index (χ1v) is 7.43. The number of rotatable bonds is 8. The zero-order chi connectivity index (χ0) is 16.5. The Bertz CT molecular complexity index is 513. The highest BCUT2D eigenvalue weighted by atomic mass is 35.5. The summed E-state index contributed by atoms with van der Waals surface area (Å²) in [7, 11) is 1.52. The molecule has 0 heterocycles. The van der Waals surface area contributed by atoms with E-state index in [2.05, 4.69) is 0 Å². The van der Waals surface area contributed by atoms with E-state index >= 15 is 0 Å². The highest BCUT2D eigenvalue weighted by Gasteiger charge is 2.11. The maximum Gasteiger partial charge on any atom is 0.306 e. The van der Waals surface area contributed by atoms with Gasteiger partial charge in [-0.3, -0.25) is 9.59 Å². The average molecular weight is 329 g/mol. The van der Waals surface area contributed by atoms with Crippen LogP contribution in [0, 0.1) is 5.92 Å². The van der Waals surface area contributed by atoms with E-state index in [9.17, 15) is 9.59 Å². The van der Waals surface area contributed by atoms with Crippen molar-refractivity contribution >= 4 is 23.5 Å². The van der Waals surface area contributed by atoms with E-state index in [0.717, 1.165) is 0 Å². The third-order valence-electron chi connectivity index (χ3n) is 2.75. The summed E-state index contributed by atoms with van der Waals surface area (Å²) in [6.07, 6.45) is 0.0101. The zero-order valence-electron chi connectivity index (χ0n) is 13.1. The second-order valence-corrected chi connectivity index (χ2v) is 5.63. The van der Waals surface area contributed by atoms with Crippen LogP contribution >= 0.6 is 11.6 Å². The Morgan fingerprint density at radius 3 is 2.36 bits per heavy atom. The molecule has 122 valence electrons. The van der Waals surface area contributed by atoms with E-state index in [-0.39, 0.29) is 25.4 Å². The first-order valence-electron chi connectivity index (χ1n) is 7.06. The molecule has 0 spiro atoms. The molecule has 1 aromatic carbocycles. The molecular weight excluding hydrogens is 308 g/mol. The third kappa shape index (κ3) is 6.80. The van der Waals surface area contributed by atoms with Crippen molar-refractivity contribution in [3.05, 3.63) is 28.8 Å². The van der Waals surface area contributed by atoms with Crippen LogP contribution in [-0.2, 0) is 25.7 Å². The summed E-state index contributed by atoms with van der Waals surface area (Å²) in [4.78, 5) is 23.0. The quantitative estimate of drug-likeness (QED) is 0.685. The number of ether oxygens (including phenoxy) is 3. The summed E-state index contributed by atoms with van der Waals surface area (Å²) >= 11 is 5.86. The lowest BCUT2D eigenvalue weighted by molar-refractivity contribution is -0.151. The van der Waals surface area contributed by atoms with Gasteiger partial charge < -0.3 is 14.2 Å². The topological polar surface area (TPSA) is 61.8 Å². The van der Waals surface area contributed by atoms with E-state index in [1.807, 2.05) is 13.8 Å². The maximum atomic E-state index is 11.6. The van der Waals surface area contributed by atoms with E-state index in [0.29, 0.717) is 22.9 Å². The van der Waals surface area contributed by atoms with Crippen molar-refractivity contribution < 1.29 is 23.8 Å². The van der Waals surface area contributed by atoms with Gasteiger partial charge in [-0.25, -0.2) is 0 Å². The summed E-state index contributed by atoms with van der Waals surface area (Å²) < 4.78 is 15.3. The summed E-state index contributed by atoms with van der Waals surface area (Å²) in [5.41, 5.74) is 0.711. The van der Waals surface area contributed by atoms with Crippen LogP contribution in [0.25, 0.3) is 0 Å². The average Bonchev–Trinajstić information content (AvgIpc) is 2.49. The van der Waals surface area contributed by atoms with Crippen molar-refractivity contribution in [3.8, 4) is 5.75 Å². The Balaban J connectivity index is 2.36. The van der Waals surface area contributed by atoms with Gasteiger partial charge in [0.2, 0.25) is 0 Å². The van der Waals surface area contributed by atoms with Crippen LogP contribution in [0.3, 0.4) is 0 Å². The Labute approximate surface area is 135 Å². The molecule has 0 aromatic heterocycles. The highest BCUT2D eigenvalue weighted by Crippen LogP contribution is 2.23. The number of hydrogen-bond acceptors (Lipinski definition) is 5. The molecule has 0 aliphatic heterocycles. The van der Waals surface area contributed by atoms with Gasteiger partial charge in [-0.2, -0.15) is 0 Å². The van der Waals surface area contributed by atoms with Crippen LogP contribution < -0.4 is 4.74 Å². The zero-order valence-corrected chi connectivity index (χ0v) is 13.8. The molecule has 1 aromatic rings. The summed E-state index contributed by atoms with van der Waals surface area (Å²) in [5, 5.41) is 0.542. The van der Waals surface area contributed by atoms with Crippen molar-refractivity contribution in [1.82, 2.24) is 0 Å². The Morgan fingerprint density at radius 1 is 1.14 bits per heavy atom. The monoisotopic (exact) mass is 328 g/mol. The minimum absolute atomic E-state index is 0.00711. The molecule has 0 fully saturated rings. The Kier molecular flexibility index (Phi) is 7.74. The molecule has 1 rings (SSSR count). The Hall–Kier alpha value is -1.75. The number of halogens is 1. The predicted molar refractivity (Wildman–Crippen MR) is 82.8 cm³/mol. The molecule has 0 radical (unpaired) electrons. The molecule has 0 atom stereocenters. The normalized spacial score (nSPS) is 10.4. The molecule has 0 bridgehead atoms. The van der Waals surface area contributed by atoms with E-state index in [1.54, 1.807) is 18.2 Å². The fourth-order valence-corrected chi connectivity index (χ4v) is 1.77. The van der Waals surface area contributed by atoms with Gasteiger partial charge in [0, 0.05) is 10.6 Å². The lowest BCUT2D eigenvalue weighted by Crippen LogP contribution is -2.13. The van der Waals surface area contributed by atoms with Crippen molar-refractivity contribution in [3.63, 3.8) is 0 Å². The molecule has 0 saturated carbocycles. The van der Waals surface area contributed by atoms with Crippen LogP contribution in [0.5, 0.6) is 5.75 Å². The first-order chi connectivity index (χ1) is 10.4. The third-order valence-corrected chi connectivity index (χ3v) is 2.98. The van der Waals surface area contributed by atoms with Crippen LogP contribution in [0.15, 0.2) is 18.2 Å². The number of carbonyl (C=O) groups is 2. The molecule has 0 N–H and O–H groups in total. The molecule has 0 amide bonds. The summed E-state index contributed by atoms with van der Waals surface area (Å²) in [6, 6.07) is 5.07. The minimum Gasteiger partial charge on any atom is -0.496 e. The van der Waals surface area contributed by atoms with Gasteiger partial charge in [-0.15, -0.1) is 0 Å². The molecule has 5 nitrogen and oxygen atoms in total. The molecule has 0 aliphatic carbocycles. The van der Waals surface area contributed by atoms with Gasteiger partial charge in [-0.05, 0) is 18.1 Å². The predicted octanol–water partition coefficient (Wildman–Crippen LogP) is 3.37. The van der Waals surface area contributed by atoms with Crippen molar-refractivity contribution in [2.24, 2.45) is 5.92 Å². The fraction of sp³-hybridized carbons (Fsp3) is 0.500. The van der Waals surface area contributed by atoms with E-state index < -0.39 is 11.9 Å². The molecular formula is C16H21ClO5. The minimum atomic E-state index is -0.460. The van der Waals surface area contributed by atoms with Gasteiger partial charge in [0.15, 0.2) is 0 Å². The largest absolute Gasteiger partial charge is 0.496 e. The van der Waals surface area contributed by atoms with Crippen LogP contribution in [0.4, 0.5) is 0 Å².